The molecule has 0 radical (unpaired) electrons. The van der Waals surface area contributed by atoms with E-state index in [2.05, 4.69) is 67.8 Å². The Bertz CT molecular complexity index is 759. The van der Waals surface area contributed by atoms with E-state index in [1.807, 2.05) is 18.2 Å². The smallest absolute Gasteiger partial charge is 0.340 e. The van der Waals surface area contributed by atoms with E-state index in [9.17, 15) is 9.90 Å². The molecule has 0 spiro atoms. The van der Waals surface area contributed by atoms with Crippen LogP contribution in [0.4, 0.5) is 0 Å². The number of carbonyl (C=O) groups excluding carboxylic acids is 1. The van der Waals surface area contributed by atoms with E-state index in [0.717, 1.165) is 34.7 Å². The van der Waals surface area contributed by atoms with Gasteiger partial charge in [0.15, 0.2) is 0 Å². The van der Waals surface area contributed by atoms with E-state index in [1.165, 1.54) is 0 Å². The summed E-state index contributed by atoms with van der Waals surface area (Å²) in [5, 5.41) is 9.54. The summed E-state index contributed by atoms with van der Waals surface area (Å²) in [5.41, 5.74) is 2.70. The minimum Gasteiger partial charge on any atom is -0.508 e. The molecule has 0 bridgehead atoms. The van der Waals surface area contributed by atoms with Crippen LogP contribution in [0, 0.1) is 10.7 Å². The van der Waals surface area contributed by atoms with Gasteiger partial charge in [0.2, 0.25) is 0 Å². The highest BCUT2D eigenvalue weighted by Crippen LogP contribution is 2.37. The Morgan fingerprint density at radius 3 is 2.64 bits per heavy atom. The monoisotopic (exact) mass is 632 g/mol. The molecule has 1 atom stereocenters. The number of fused-ring (bicyclic) bond motifs is 1. The first kappa shape index (κ1) is 16.7. The number of halogens is 3. The Morgan fingerprint density at radius 1 is 1.14 bits per heavy atom. The number of hydrogen-bond donors (Lipinski definition) is 1. The Morgan fingerprint density at radius 2 is 1.86 bits per heavy atom. The van der Waals surface area contributed by atoms with E-state index in [4.69, 9.17) is 4.74 Å². The van der Waals surface area contributed by atoms with Crippen molar-refractivity contribution in [3.63, 3.8) is 0 Å². The van der Waals surface area contributed by atoms with Crippen molar-refractivity contribution < 1.29 is 14.6 Å². The number of hydrogen-bond acceptors (Lipinski definition) is 3. The first-order valence-electron chi connectivity index (χ1n) is 6.63. The third kappa shape index (κ3) is 3.23. The number of aromatic hydroxyl groups is 1. The van der Waals surface area contributed by atoms with Crippen LogP contribution in [0.25, 0.3) is 0 Å². The lowest BCUT2D eigenvalue weighted by atomic mass is 10.1. The van der Waals surface area contributed by atoms with Crippen molar-refractivity contribution in [2.24, 2.45) is 0 Å². The molecular formula is C16H11I3O3. The van der Waals surface area contributed by atoms with Crippen molar-refractivity contribution in [1.29, 1.82) is 0 Å². The average molecular weight is 632 g/mol. The van der Waals surface area contributed by atoms with Crippen molar-refractivity contribution in [1.82, 2.24) is 0 Å². The van der Waals surface area contributed by atoms with Crippen LogP contribution in [-0.4, -0.2) is 11.1 Å². The summed E-state index contributed by atoms with van der Waals surface area (Å²) >= 11 is 6.58. The van der Waals surface area contributed by atoms with Crippen molar-refractivity contribution in [3.8, 4) is 5.75 Å². The number of carbonyl (C=O) groups is 1. The molecule has 1 aliphatic carbocycles. The summed E-state index contributed by atoms with van der Waals surface area (Å²) in [7, 11) is 0. The van der Waals surface area contributed by atoms with Gasteiger partial charge in [-0.1, -0.05) is 6.07 Å². The predicted octanol–water partition coefficient (Wildman–Crippen LogP) is 5.05. The van der Waals surface area contributed by atoms with Gasteiger partial charge in [-0.05, 0) is 116 Å². The summed E-state index contributed by atoms with van der Waals surface area (Å²) < 4.78 is 8.62. The van der Waals surface area contributed by atoms with Gasteiger partial charge in [0, 0.05) is 10.7 Å². The van der Waals surface area contributed by atoms with Gasteiger partial charge in [-0.2, -0.15) is 0 Å². The lowest BCUT2D eigenvalue weighted by molar-refractivity contribution is 0.0298. The predicted molar refractivity (Wildman–Crippen MR) is 109 cm³/mol. The van der Waals surface area contributed by atoms with Crippen LogP contribution in [0.15, 0.2) is 30.3 Å². The molecule has 0 amide bonds. The fourth-order valence-electron chi connectivity index (χ4n) is 2.59. The van der Waals surface area contributed by atoms with Crippen LogP contribution >= 0.6 is 67.8 Å². The molecule has 0 saturated heterocycles. The molecule has 0 aliphatic heterocycles. The maximum absolute atomic E-state index is 12.6. The van der Waals surface area contributed by atoms with Crippen molar-refractivity contribution in [2.45, 2.75) is 18.9 Å². The zero-order valence-corrected chi connectivity index (χ0v) is 17.7. The molecule has 2 aromatic carbocycles. The number of rotatable bonds is 2. The van der Waals surface area contributed by atoms with Gasteiger partial charge >= 0.3 is 5.97 Å². The molecule has 1 aliphatic rings. The molecule has 6 heteroatoms. The number of ether oxygens (including phenoxy) is 1. The second-order valence-corrected chi connectivity index (χ2v) is 8.44. The highest BCUT2D eigenvalue weighted by molar-refractivity contribution is 14.1. The number of phenolic OH excluding ortho intramolecular Hbond substituents is 1. The highest BCUT2D eigenvalue weighted by Gasteiger charge is 2.28. The Kier molecular flexibility index (Phi) is 5.17. The third-order valence-corrected chi connectivity index (χ3v) is 7.60. The minimum absolute atomic E-state index is 0.229. The van der Waals surface area contributed by atoms with Crippen LogP contribution < -0.4 is 0 Å². The molecule has 0 heterocycles. The summed E-state index contributed by atoms with van der Waals surface area (Å²) in [6, 6.07) is 9.17. The largest absolute Gasteiger partial charge is 0.508 e. The topological polar surface area (TPSA) is 46.5 Å². The molecule has 0 fully saturated rings. The zero-order valence-electron chi connectivity index (χ0n) is 11.3. The van der Waals surface area contributed by atoms with Gasteiger partial charge in [0.05, 0.1) is 5.56 Å². The number of benzene rings is 2. The third-order valence-electron chi connectivity index (χ3n) is 3.65. The van der Waals surface area contributed by atoms with Crippen molar-refractivity contribution in [3.05, 3.63) is 57.7 Å². The zero-order chi connectivity index (χ0) is 15.9. The maximum Gasteiger partial charge on any atom is 0.340 e. The standard InChI is InChI=1S/C16H11I3O3/c17-11-4-5-12(18)15(19)14(11)16(21)22-13-6-1-8-7-9(20)2-3-10(8)13/h2-5,7,13,20H,1,6H2. The molecule has 22 heavy (non-hydrogen) atoms. The molecule has 1 unspecified atom stereocenters. The molecule has 114 valence electrons. The second-order valence-electron chi connectivity index (χ2n) is 5.03. The SMILES string of the molecule is O=C(OC1CCc2cc(O)ccc21)c1c(I)ccc(I)c1I. The lowest BCUT2D eigenvalue weighted by Gasteiger charge is -2.15. The van der Waals surface area contributed by atoms with E-state index in [-0.39, 0.29) is 17.8 Å². The molecule has 0 aromatic heterocycles. The molecule has 3 rings (SSSR count). The quantitative estimate of drug-likeness (QED) is 0.287. The summed E-state index contributed by atoms with van der Waals surface area (Å²) in [6.07, 6.45) is 1.36. The fraction of sp³-hybridized carbons (Fsp3) is 0.188. The van der Waals surface area contributed by atoms with Crippen LogP contribution in [0.1, 0.15) is 34.0 Å². The molecular weight excluding hydrogens is 621 g/mol. The van der Waals surface area contributed by atoms with E-state index in [0.29, 0.717) is 5.56 Å². The van der Waals surface area contributed by atoms with Crippen LogP contribution in [0.5, 0.6) is 5.75 Å². The maximum atomic E-state index is 12.6. The highest BCUT2D eigenvalue weighted by atomic mass is 127. The van der Waals surface area contributed by atoms with Crippen LogP contribution in [0.3, 0.4) is 0 Å². The molecule has 2 aromatic rings. The van der Waals surface area contributed by atoms with Crippen molar-refractivity contribution >= 4 is 73.7 Å². The van der Waals surface area contributed by atoms with E-state index < -0.39 is 0 Å². The fourth-order valence-corrected chi connectivity index (χ4v) is 4.92. The Hall–Kier alpha value is -0.1000. The van der Waals surface area contributed by atoms with Gasteiger partial charge in [0.1, 0.15) is 11.9 Å². The molecule has 3 nitrogen and oxygen atoms in total. The van der Waals surface area contributed by atoms with Crippen molar-refractivity contribution in [2.75, 3.05) is 0 Å². The first-order chi connectivity index (χ1) is 10.5. The average Bonchev–Trinajstić information content (AvgIpc) is 2.85. The molecule has 0 saturated carbocycles. The van der Waals surface area contributed by atoms with E-state index >= 15 is 0 Å². The minimum atomic E-state index is -0.279. The Balaban J connectivity index is 1.87. The van der Waals surface area contributed by atoms with Gasteiger partial charge in [-0.3, -0.25) is 0 Å². The lowest BCUT2D eigenvalue weighted by Crippen LogP contribution is -2.13. The van der Waals surface area contributed by atoms with E-state index in [1.54, 1.807) is 12.1 Å². The van der Waals surface area contributed by atoms with Crippen LogP contribution in [0.2, 0.25) is 0 Å². The number of aryl methyl sites for hydroxylation is 1. The number of phenols is 1. The second kappa shape index (κ2) is 6.80. The van der Waals surface area contributed by atoms with Gasteiger partial charge in [-0.15, -0.1) is 0 Å². The number of esters is 1. The normalized spacial score (nSPS) is 16.4. The Labute approximate surface area is 169 Å². The van der Waals surface area contributed by atoms with Crippen LogP contribution in [-0.2, 0) is 11.2 Å². The first-order valence-corrected chi connectivity index (χ1v) is 9.87. The summed E-state index contributed by atoms with van der Waals surface area (Å²) in [6.45, 7) is 0. The summed E-state index contributed by atoms with van der Waals surface area (Å²) in [5.74, 6) is -0.0225. The van der Waals surface area contributed by atoms with Gasteiger partial charge < -0.3 is 9.84 Å². The summed E-state index contributed by atoms with van der Waals surface area (Å²) in [4.78, 5) is 12.6. The van der Waals surface area contributed by atoms with Gasteiger partial charge in [0.25, 0.3) is 0 Å². The molecule has 1 N–H and O–H groups in total. The van der Waals surface area contributed by atoms with Gasteiger partial charge in [-0.25, -0.2) is 4.79 Å².